The van der Waals surface area contributed by atoms with Gasteiger partial charge < -0.3 is 15.6 Å². The van der Waals surface area contributed by atoms with E-state index in [2.05, 4.69) is 0 Å². The molecule has 0 aromatic rings. The number of carboxylic acids is 1. The second kappa shape index (κ2) is 6.83. The number of carbonyl (C=O) groups excluding carboxylic acids is 2. The van der Waals surface area contributed by atoms with E-state index < -0.39 is 23.9 Å². The number of thioether (sulfide) groups is 1. The van der Waals surface area contributed by atoms with Crippen LogP contribution in [0.25, 0.3) is 0 Å². The molecule has 1 amide bonds. The molecule has 3 N–H and O–H groups in total. The number of nitrogens with two attached hydrogens (primary N) is 1. The highest BCUT2D eigenvalue weighted by atomic mass is 32.4. The van der Waals surface area contributed by atoms with E-state index in [9.17, 15) is 19.5 Å². The topological polar surface area (TPSA) is 110 Å². The Kier molecular flexibility index (Phi) is 5.32. The zero-order chi connectivity index (χ0) is 15.6. The Labute approximate surface area is 131 Å². The summed E-state index contributed by atoms with van der Waals surface area (Å²) in [7, 11) is 0.683. The molecule has 0 spiro atoms. The first-order chi connectivity index (χ1) is 9.97. The van der Waals surface area contributed by atoms with Gasteiger partial charge in [0, 0.05) is 17.5 Å². The number of fused-ring (bicyclic) bond motifs is 1. The summed E-state index contributed by atoms with van der Waals surface area (Å²) < 4.78 is 5.04. The summed E-state index contributed by atoms with van der Waals surface area (Å²) in [4.78, 5) is 35.7. The third kappa shape index (κ3) is 3.26. The van der Waals surface area contributed by atoms with Crippen molar-refractivity contribution in [2.24, 2.45) is 5.73 Å². The van der Waals surface area contributed by atoms with Gasteiger partial charge in [-0.25, -0.2) is 4.79 Å². The molecular formula is C11H13N2O5PS2. The molecule has 0 radical (unpaired) electrons. The Balaban J connectivity index is 2.08. The van der Waals surface area contributed by atoms with Gasteiger partial charge in [-0.1, -0.05) is 11.8 Å². The van der Waals surface area contributed by atoms with Gasteiger partial charge in [-0.3, -0.25) is 14.5 Å². The molecule has 1 saturated heterocycles. The molecule has 1 fully saturated rings. The Morgan fingerprint density at radius 3 is 2.90 bits per heavy atom. The molecule has 2 aliphatic rings. The van der Waals surface area contributed by atoms with Crippen LogP contribution in [-0.4, -0.2) is 57.8 Å². The van der Waals surface area contributed by atoms with Crippen LogP contribution in [0.4, 0.5) is 0 Å². The van der Waals surface area contributed by atoms with E-state index in [1.54, 1.807) is 0 Å². The summed E-state index contributed by atoms with van der Waals surface area (Å²) in [6, 6.07) is -0.667. The molecule has 2 aliphatic heterocycles. The zero-order valence-corrected chi connectivity index (χ0v) is 13.4. The predicted octanol–water partition coefficient (Wildman–Crippen LogP) is -0.0911. The number of hydrogen-bond acceptors (Lipinski definition) is 7. The van der Waals surface area contributed by atoms with E-state index in [1.165, 1.54) is 16.7 Å². The van der Waals surface area contributed by atoms with Crippen LogP contribution in [0, 0.1) is 0 Å². The molecule has 7 nitrogen and oxygen atoms in total. The lowest BCUT2D eigenvalue weighted by molar-refractivity contribution is -0.148. The normalized spacial score (nSPS) is 24.6. The van der Waals surface area contributed by atoms with Crippen molar-refractivity contribution in [3.05, 3.63) is 11.3 Å². The first-order valence-corrected chi connectivity index (χ1v) is 9.22. The van der Waals surface area contributed by atoms with Crippen LogP contribution in [0.3, 0.4) is 0 Å². The van der Waals surface area contributed by atoms with Gasteiger partial charge in [-0.2, -0.15) is 0 Å². The van der Waals surface area contributed by atoms with Crippen LogP contribution in [-0.2, 0) is 30.9 Å². The third-order valence-corrected chi connectivity index (χ3v) is 5.42. The number of aliphatic carboxylic acids is 1. The van der Waals surface area contributed by atoms with Crippen LogP contribution in [0.15, 0.2) is 11.3 Å². The number of carbonyl (C=O) groups is 3. The average molecular weight is 348 g/mol. The largest absolute Gasteiger partial charge is 0.477 e. The number of nitrogens with zero attached hydrogens (tertiary/aromatic N) is 1. The molecule has 0 aromatic heterocycles. The fourth-order valence-corrected chi connectivity index (χ4v) is 3.89. The highest BCUT2D eigenvalue weighted by Crippen LogP contribution is 2.39. The molecule has 0 aromatic carbocycles. The molecular weight excluding hydrogens is 335 g/mol. The molecule has 2 atom stereocenters. The third-order valence-electron chi connectivity index (χ3n) is 3.11. The SMILES string of the molecule is NC1C(=O)N2C(C(=O)O)=C(COC(=O)CCP=S)CSC12. The smallest absolute Gasteiger partial charge is 0.352 e. The Morgan fingerprint density at radius 1 is 1.57 bits per heavy atom. The van der Waals surface area contributed by atoms with Gasteiger partial charge in [0.15, 0.2) is 0 Å². The van der Waals surface area contributed by atoms with Gasteiger partial charge in [-0.15, -0.1) is 11.8 Å². The van der Waals surface area contributed by atoms with Crippen LogP contribution >= 0.6 is 19.1 Å². The van der Waals surface area contributed by atoms with E-state index in [0.29, 0.717) is 24.8 Å². The van der Waals surface area contributed by atoms with Crippen LogP contribution in [0.1, 0.15) is 6.42 Å². The van der Waals surface area contributed by atoms with Gasteiger partial charge in [0.05, 0.1) is 6.42 Å². The second-order valence-corrected chi connectivity index (χ2v) is 7.04. The first-order valence-electron chi connectivity index (χ1n) is 6.07. The van der Waals surface area contributed by atoms with Gasteiger partial charge in [-0.05, 0) is 7.36 Å². The predicted molar refractivity (Wildman–Crippen MR) is 80.5 cm³/mol. The van der Waals surface area contributed by atoms with E-state index in [0.717, 1.165) is 0 Å². The van der Waals surface area contributed by atoms with Crippen molar-refractivity contribution in [1.82, 2.24) is 4.90 Å². The lowest BCUT2D eigenvalue weighted by Crippen LogP contribution is -2.68. The number of esters is 1. The molecule has 21 heavy (non-hydrogen) atoms. The fraction of sp³-hybridized carbons (Fsp3) is 0.545. The highest BCUT2D eigenvalue weighted by molar-refractivity contribution is 8.00. The first kappa shape index (κ1) is 16.4. The lowest BCUT2D eigenvalue weighted by atomic mass is 10.0. The summed E-state index contributed by atoms with van der Waals surface area (Å²) in [6.45, 7) is -0.131. The van der Waals surface area contributed by atoms with Crippen LogP contribution < -0.4 is 5.73 Å². The number of carboxylic acid groups (broad SMARTS) is 1. The molecule has 0 bridgehead atoms. The lowest BCUT2D eigenvalue weighted by Gasteiger charge is -2.47. The zero-order valence-electron chi connectivity index (χ0n) is 10.9. The van der Waals surface area contributed by atoms with Crippen molar-refractivity contribution in [3.63, 3.8) is 0 Å². The summed E-state index contributed by atoms with van der Waals surface area (Å²) in [5, 5.41) is 8.94. The van der Waals surface area contributed by atoms with Crippen molar-refractivity contribution in [2.45, 2.75) is 17.8 Å². The number of β-lactam (4-membered cyclic amide) rings is 1. The number of ether oxygens (including phenoxy) is 1. The minimum atomic E-state index is -1.21. The molecule has 0 saturated carbocycles. The van der Waals surface area contributed by atoms with Gasteiger partial charge in [0.25, 0.3) is 0 Å². The molecule has 2 heterocycles. The van der Waals surface area contributed by atoms with Crippen molar-refractivity contribution in [3.8, 4) is 0 Å². The van der Waals surface area contributed by atoms with E-state index in [-0.39, 0.29) is 24.1 Å². The van der Waals surface area contributed by atoms with Crippen molar-refractivity contribution < 1.29 is 24.2 Å². The number of rotatable bonds is 6. The van der Waals surface area contributed by atoms with Gasteiger partial charge in [0.1, 0.15) is 23.7 Å². The van der Waals surface area contributed by atoms with Gasteiger partial charge in [0.2, 0.25) is 5.91 Å². The molecule has 0 aliphatic carbocycles. The Bertz CT molecular complexity index is 539. The monoisotopic (exact) mass is 348 g/mol. The number of hydrogen-bond donors (Lipinski definition) is 2. The second-order valence-electron chi connectivity index (χ2n) is 4.46. The summed E-state index contributed by atoms with van der Waals surface area (Å²) in [5.74, 6) is -1.69. The summed E-state index contributed by atoms with van der Waals surface area (Å²) in [6.07, 6.45) is 0.722. The maximum Gasteiger partial charge on any atom is 0.352 e. The summed E-state index contributed by atoms with van der Waals surface area (Å²) in [5.41, 5.74) is 5.94. The maximum absolute atomic E-state index is 11.7. The van der Waals surface area contributed by atoms with Crippen molar-refractivity contribution in [2.75, 3.05) is 18.5 Å². The minimum absolute atomic E-state index is 0.111. The molecule has 114 valence electrons. The minimum Gasteiger partial charge on any atom is -0.477 e. The van der Waals surface area contributed by atoms with Crippen molar-refractivity contribution in [1.29, 1.82) is 0 Å². The van der Waals surface area contributed by atoms with Gasteiger partial charge >= 0.3 is 11.9 Å². The Hall–Kier alpha value is -1.02. The quantitative estimate of drug-likeness (QED) is 0.389. The van der Waals surface area contributed by atoms with Crippen LogP contribution in [0.5, 0.6) is 0 Å². The van der Waals surface area contributed by atoms with Crippen LogP contribution in [0.2, 0.25) is 0 Å². The van der Waals surface area contributed by atoms with E-state index in [4.69, 9.17) is 22.3 Å². The van der Waals surface area contributed by atoms with E-state index in [1.807, 2.05) is 0 Å². The fourth-order valence-electron chi connectivity index (χ4n) is 2.07. The Morgan fingerprint density at radius 2 is 2.29 bits per heavy atom. The standard InChI is InChI=1S/C11H13N2O5PS2/c12-7-9(15)13-8(11(16)17)5(4-21-10(7)13)3-18-6(14)1-2-19-20/h7,10H,1-4,12H2,(H,16,17). The highest BCUT2D eigenvalue weighted by Gasteiger charge is 2.51. The maximum atomic E-state index is 11.7. The molecule has 2 unspecified atom stereocenters. The summed E-state index contributed by atoms with van der Waals surface area (Å²) >= 11 is 6.08. The molecule has 10 heteroatoms. The average Bonchev–Trinajstić information content (AvgIpc) is 2.48. The van der Waals surface area contributed by atoms with Crippen molar-refractivity contribution >= 4 is 48.8 Å². The molecule has 2 rings (SSSR count). The number of amides is 1. The van der Waals surface area contributed by atoms with E-state index >= 15 is 0 Å².